The monoisotopic (exact) mass is 257 g/mol. The lowest BCUT2D eigenvalue weighted by molar-refractivity contribution is 0.182. The second-order valence-corrected chi connectivity index (χ2v) is 5.87. The van der Waals surface area contributed by atoms with Crippen LogP contribution in [0.3, 0.4) is 0 Å². The highest BCUT2D eigenvalue weighted by Gasteiger charge is 2.13. The third-order valence-electron chi connectivity index (χ3n) is 2.45. The van der Waals surface area contributed by atoms with E-state index in [4.69, 9.17) is 0 Å². The lowest BCUT2D eigenvalue weighted by Crippen LogP contribution is -2.30. The summed E-state index contributed by atoms with van der Waals surface area (Å²) in [5, 5.41) is 9.78. The summed E-state index contributed by atoms with van der Waals surface area (Å²) >= 11 is 0. The number of aliphatic hydroxyl groups is 1. The molecule has 0 fully saturated rings. The summed E-state index contributed by atoms with van der Waals surface area (Å²) in [6.07, 6.45) is 0.673. The first-order valence-corrected chi connectivity index (χ1v) is 7.40. The zero-order chi connectivity index (χ0) is 12.7. The number of benzene rings is 1. The molecule has 0 bridgehead atoms. The summed E-state index contributed by atoms with van der Waals surface area (Å²) in [5.41, 5.74) is 0.714. The maximum absolute atomic E-state index is 11.5. The van der Waals surface area contributed by atoms with Crippen LogP contribution in [0.1, 0.15) is 31.4 Å². The van der Waals surface area contributed by atoms with E-state index >= 15 is 0 Å². The van der Waals surface area contributed by atoms with Gasteiger partial charge in [0.15, 0.2) is 0 Å². The van der Waals surface area contributed by atoms with Crippen LogP contribution in [0.4, 0.5) is 0 Å². The molecule has 0 spiro atoms. The normalized spacial score (nSPS) is 13.5. The standard InChI is InChI=1S/C12H19NO3S/c1-2-3-9-17(15,16)13-10-12(14)11-7-5-4-6-8-11/h4-8,12-14H,2-3,9-10H2,1H3/t12-/m0/s1. The smallest absolute Gasteiger partial charge is 0.211 e. The quantitative estimate of drug-likeness (QED) is 0.776. The van der Waals surface area contributed by atoms with Crippen molar-refractivity contribution in [2.75, 3.05) is 12.3 Å². The fourth-order valence-corrected chi connectivity index (χ4v) is 2.63. The van der Waals surface area contributed by atoms with E-state index in [0.717, 1.165) is 6.42 Å². The molecule has 0 saturated carbocycles. The molecule has 0 amide bonds. The summed E-state index contributed by atoms with van der Waals surface area (Å²) in [4.78, 5) is 0. The Morgan fingerprint density at radius 3 is 2.53 bits per heavy atom. The Hall–Kier alpha value is -0.910. The Bertz CT molecular complexity index is 417. The molecule has 0 saturated heterocycles. The van der Waals surface area contributed by atoms with Crippen molar-refractivity contribution in [2.45, 2.75) is 25.9 Å². The van der Waals surface area contributed by atoms with Gasteiger partial charge in [0.25, 0.3) is 0 Å². The summed E-state index contributed by atoms with van der Waals surface area (Å²) in [6, 6.07) is 9.01. The minimum Gasteiger partial charge on any atom is -0.387 e. The van der Waals surface area contributed by atoms with Crippen LogP contribution in [0.2, 0.25) is 0 Å². The highest BCUT2D eigenvalue weighted by atomic mass is 32.2. The van der Waals surface area contributed by atoms with E-state index in [-0.39, 0.29) is 12.3 Å². The Morgan fingerprint density at radius 2 is 1.94 bits per heavy atom. The van der Waals surface area contributed by atoms with Crippen LogP contribution >= 0.6 is 0 Å². The number of sulfonamides is 1. The predicted octanol–water partition coefficient (Wildman–Crippen LogP) is 1.44. The molecule has 5 heteroatoms. The van der Waals surface area contributed by atoms with Gasteiger partial charge >= 0.3 is 0 Å². The van der Waals surface area contributed by atoms with Crippen LogP contribution in [-0.2, 0) is 10.0 Å². The van der Waals surface area contributed by atoms with Gasteiger partial charge in [-0.1, -0.05) is 43.7 Å². The largest absolute Gasteiger partial charge is 0.387 e. The molecule has 96 valence electrons. The van der Waals surface area contributed by atoms with Gasteiger partial charge in [-0.25, -0.2) is 13.1 Å². The highest BCUT2D eigenvalue weighted by Crippen LogP contribution is 2.10. The first-order chi connectivity index (χ1) is 8.05. The van der Waals surface area contributed by atoms with Crippen molar-refractivity contribution in [3.8, 4) is 0 Å². The molecule has 1 atom stereocenters. The van der Waals surface area contributed by atoms with Crippen LogP contribution in [0.5, 0.6) is 0 Å². The lowest BCUT2D eigenvalue weighted by Gasteiger charge is -2.12. The van der Waals surface area contributed by atoms with Crippen LogP contribution < -0.4 is 4.72 Å². The van der Waals surface area contributed by atoms with Crippen molar-refractivity contribution in [3.63, 3.8) is 0 Å². The molecule has 2 N–H and O–H groups in total. The number of hydrogen-bond donors (Lipinski definition) is 2. The highest BCUT2D eigenvalue weighted by molar-refractivity contribution is 7.89. The van der Waals surface area contributed by atoms with Crippen LogP contribution in [-0.4, -0.2) is 25.8 Å². The van der Waals surface area contributed by atoms with Gasteiger partial charge in [-0.15, -0.1) is 0 Å². The minimum atomic E-state index is -3.26. The van der Waals surface area contributed by atoms with E-state index < -0.39 is 16.1 Å². The number of rotatable bonds is 7. The van der Waals surface area contributed by atoms with Crippen LogP contribution in [0.15, 0.2) is 30.3 Å². The molecular formula is C12H19NO3S. The molecule has 17 heavy (non-hydrogen) atoms. The molecule has 1 rings (SSSR count). The van der Waals surface area contributed by atoms with Gasteiger partial charge in [0.2, 0.25) is 10.0 Å². The van der Waals surface area contributed by atoms with Gasteiger partial charge in [0, 0.05) is 6.54 Å². The zero-order valence-corrected chi connectivity index (χ0v) is 10.8. The average molecular weight is 257 g/mol. The molecule has 0 radical (unpaired) electrons. The molecular weight excluding hydrogens is 238 g/mol. The van der Waals surface area contributed by atoms with Crippen LogP contribution in [0.25, 0.3) is 0 Å². The molecule has 0 aliphatic carbocycles. The molecule has 1 aromatic rings. The third kappa shape index (κ3) is 5.30. The van der Waals surface area contributed by atoms with Crippen molar-refractivity contribution in [3.05, 3.63) is 35.9 Å². The van der Waals surface area contributed by atoms with E-state index in [1.54, 1.807) is 12.1 Å². The van der Waals surface area contributed by atoms with Gasteiger partial charge in [0.1, 0.15) is 0 Å². The molecule has 0 heterocycles. The fraction of sp³-hybridized carbons (Fsp3) is 0.500. The molecule has 0 aliphatic rings. The minimum absolute atomic E-state index is 0.0239. The van der Waals surface area contributed by atoms with E-state index in [1.807, 2.05) is 25.1 Å². The topological polar surface area (TPSA) is 66.4 Å². The number of hydrogen-bond acceptors (Lipinski definition) is 3. The van der Waals surface area contributed by atoms with Crippen molar-refractivity contribution >= 4 is 10.0 Å². The predicted molar refractivity (Wildman–Crippen MR) is 68.1 cm³/mol. The second-order valence-electron chi connectivity index (χ2n) is 3.95. The first-order valence-electron chi connectivity index (χ1n) is 5.75. The number of nitrogens with one attached hydrogen (secondary N) is 1. The van der Waals surface area contributed by atoms with E-state index in [0.29, 0.717) is 12.0 Å². The Morgan fingerprint density at radius 1 is 1.29 bits per heavy atom. The molecule has 1 aromatic carbocycles. The van der Waals surface area contributed by atoms with Gasteiger partial charge < -0.3 is 5.11 Å². The van der Waals surface area contributed by atoms with Crippen molar-refractivity contribution in [1.29, 1.82) is 0 Å². The summed E-state index contributed by atoms with van der Waals surface area (Å²) in [6.45, 7) is 1.96. The summed E-state index contributed by atoms with van der Waals surface area (Å²) in [5.74, 6) is 0.116. The first kappa shape index (κ1) is 14.2. The van der Waals surface area contributed by atoms with Crippen LogP contribution in [0, 0.1) is 0 Å². The lowest BCUT2D eigenvalue weighted by atomic mass is 10.1. The van der Waals surface area contributed by atoms with Gasteiger partial charge in [-0.2, -0.15) is 0 Å². The second kappa shape index (κ2) is 6.74. The zero-order valence-electron chi connectivity index (χ0n) is 9.96. The van der Waals surface area contributed by atoms with Gasteiger partial charge in [-0.3, -0.25) is 0 Å². The third-order valence-corrected chi connectivity index (χ3v) is 3.88. The summed E-state index contributed by atoms with van der Waals surface area (Å²) in [7, 11) is -3.26. The van der Waals surface area contributed by atoms with Crippen molar-refractivity contribution in [2.24, 2.45) is 0 Å². The maximum Gasteiger partial charge on any atom is 0.211 e. The molecule has 0 unspecified atom stereocenters. The Labute approximate surface area is 103 Å². The molecule has 0 aromatic heterocycles. The summed E-state index contributed by atoms with van der Waals surface area (Å²) < 4.78 is 25.4. The Balaban J connectivity index is 2.46. The average Bonchev–Trinajstić information content (AvgIpc) is 2.35. The van der Waals surface area contributed by atoms with E-state index in [2.05, 4.69) is 4.72 Å². The van der Waals surface area contributed by atoms with E-state index in [9.17, 15) is 13.5 Å². The number of unbranched alkanes of at least 4 members (excludes halogenated alkanes) is 1. The van der Waals surface area contributed by atoms with Gasteiger partial charge in [0.05, 0.1) is 11.9 Å². The maximum atomic E-state index is 11.5. The van der Waals surface area contributed by atoms with Crippen molar-refractivity contribution < 1.29 is 13.5 Å². The number of aliphatic hydroxyl groups excluding tert-OH is 1. The van der Waals surface area contributed by atoms with E-state index in [1.165, 1.54) is 0 Å². The molecule has 0 aliphatic heterocycles. The molecule has 4 nitrogen and oxygen atoms in total. The SMILES string of the molecule is CCCCS(=O)(=O)NC[C@H](O)c1ccccc1. The van der Waals surface area contributed by atoms with Gasteiger partial charge in [-0.05, 0) is 12.0 Å². The Kier molecular flexibility index (Phi) is 5.61. The fourth-order valence-electron chi connectivity index (χ4n) is 1.41. The van der Waals surface area contributed by atoms with Crippen molar-refractivity contribution in [1.82, 2.24) is 4.72 Å².